The van der Waals surface area contributed by atoms with Gasteiger partial charge in [0.25, 0.3) is 11.5 Å². The SMILES string of the molecule is Cc1cc(C)cc(C2CCCN2C(=O)c2sc(-c3c(C)c(C)nn(C)c3=O)nc2C)c1. The molecule has 31 heavy (non-hydrogen) atoms. The summed E-state index contributed by atoms with van der Waals surface area (Å²) in [6.45, 7) is 10.5. The topological polar surface area (TPSA) is 68.1 Å². The van der Waals surface area contributed by atoms with Gasteiger partial charge < -0.3 is 4.90 Å². The summed E-state index contributed by atoms with van der Waals surface area (Å²) in [5, 5.41) is 4.84. The number of benzene rings is 1. The van der Waals surface area contributed by atoms with Gasteiger partial charge in [0.1, 0.15) is 9.88 Å². The third-order valence-electron chi connectivity index (χ3n) is 6.07. The van der Waals surface area contributed by atoms with Crippen molar-refractivity contribution in [3.63, 3.8) is 0 Å². The Morgan fingerprint density at radius 3 is 2.42 bits per heavy atom. The van der Waals surface area contributed by atoms with Crippen molar-refractivity contribution in [2.24, 2.45) is 7.05 Å². The number of likely N-dealkylation sites (tertiary alicyclic amines) is 1. The second-order valence-electron chi connectivity index (χ2n) is 8.53. The quantitative estimate of drug-likeness (QED) is 0.609. The van der Waals surface area contributed by atoms with E-state index in [1.807, 2.05) is 25.7 Å². The molecule has 1 unspecified atom stereocenters. The second kappa shape index (κ2) is 8.04. The maximum atomic E-state index is 13.6. The van der Waals surface area contributed by atoms with Crippen molar-refractivity contribution in [3.05, 3.63) is 67.1 Å². The predicted molar refractivity (Wildman–Crippen MR) is 124 cm³/mol. The molecule has 162 valence electrons. The molecule has 4 rings (SSSR count). The van der Waals surface area contributed by atoms with E-state index >= 15 is 0 Å². The number of aryl methyl sites for hydroxylation is 5. The van der Waals surface area contributed by atoms with Gasteiger partial charge in [-0.25, -0.2) is 9.67 Å². The lowest BCUT2D eigenvalue weighted by Gasteiger charge is -2.25. The fraction of sp³-hybridized carbons (Fsp3) is 0.417. The molecule has 6 nitrogen and oxygen atoms in total. The molecule has 1 aliphatic heterocycles. The molecule has 1 atom stereocenters. The summed E-state index contributed by atoms with van der Waals surface area (Å²) in [7, 11) is 1.64. The van der Waals surface area contributed by atoms with Crippen LogP contribution < -0.4 is 5.56 Å². The van der Waals surface area contributed by atoms with Gasteiger partial charge in [-0.15, -0.1) is 11.3 Å². The van der Waals surface area contributed by atoms with Crippen LogP contribution in [0.5, 0.6) is 0 Å². The first-order chi connectivity index (χ1) is 14.7. The molecule has 0 radical (unpaired) electrons. The van der Waals surface area contributed by atoms with E-state index in [0.717, 1.165) is 30.6 Å². The van der Waals surface area contributed by atoms with E-state index in [9.17, 15) is 9.59 Å². The Morgan fingerprint density at radius 2 is 1.74 bits per heavy atom. The minimum absolute atomic E-state index is 0.00293. The number of rotatable bonds is 3. The van der Waals surface area contributed by atoms with Crippen molar-refractivity contribution in [1.29, 1.82) is 0 Å². The number of hydrogen-bond acceptors (Lipinski definition) is 5. The lowest BCUT2D eigenvalue weighted by molar-refractivity contribution is 0.0739. The normalized spacial score (nSPS) is 16.2. The average Bonchev–Trinajstić information content (AvgIpc) is 3.32. The molecule has 1 aromatic carbocycles. The summed E-state index contributed by atoms with van der Waals surface area (Å²) in [4.78, 5) is 33.6. The molecule has 0 saturated carbocycles. The molecule has 0 spiro atoms. The van der Waals surface area contributed by atoms with Crippen LogP contribution in [0.1, 0.15) is 62.2 Å². The van der Waals surface area contributed by atoms with Crippen LogP contribution in [0.2, 0.25) is 0 Å². The lowest BCUT2D eigenvalue weighted by Crippen LogP contribution is -2.30. The van der Waals surface area contributed by atoms with E-state index in [-0.39, 0.29) is 17.5 Å². The van der Waals surface area contributed by atoms with Crippen LogP contribution in [0.25, 0.3) is 10.6 Å². The average molecular weight is 437 g/mol. The fourth-order valence-corrected chi connectivity index (χ4v) is 5.61. The number of carbonyl (C=O) groups is 1. The minimum atomic E-state index is -0.190. The van der Waals surface area contributed by atoms with Crippen LogP contribution in [-0.4, -0.2) is 32.1 Å². The van der Waals surface area contributed by atoms with Crippen LogP contribution >= 0.6 is 11.3 Å². The molecule has 1 fully saturated rings. The standard InChI is InChI=1S/C24H28N4O2S/c1-13-10-14(2)12-18(11-13)19-8-7-9-28(19)24(30)21-17(5)25-22(31-21)20-15(3)16(4)26-27(6)23(20)29/h10-12,19H,7-9H2,1-6H3. The van der Waals surface area contributed by atoms with Gasteiger partial charge in [-0.05, 0) is 58.6 Å². The highest BCUT2D eigenvalue weighted by Gasteiger charge is 2.33. The molecule has 1 amide bonds. The van der Waals surface area contributed by atoms with Crippen molar-refractivity contribution in [1.82, 2.24) is 19.7 Å². The highest BCUT2D eigenvalue weighted by Crippen LogP contribution is 2.36. The van der Waals surface area contributed by atoms with E-state index in [4.69, 9.17) is 0 Å². The first-order valence-corrected chi connectivity index (χ1v) is 11.4. The third-order valence-corrected chi connectivity index (χ3v) is 7.24. The number of carbonyl (C=O) groups excluding carboxylic acids is 1. The van der Waals surface area contributed by atoms with Crippen molar-refractivity contribution in [2.45, 2.75) is 53.5 Å². The number of nitrogens with zero attached hydrogens (tertiary/aromatic N) is 4. The Balaban J connectivity index is 1.72. The van der Waals surface area contributed by atoms with Crippen LogP contribution in [0, 0.1) is 34.6 Å². The molecule has 1 saturated heterocycles. The van der Waals surface area contributed by atoms with E-state index in [0.29, 0.717) is 21.1 Å². The van der Waals surface area contributed by atoms with Crippen LogP contribution in [0.3, 0.4) is 0 Å². The van der Waals surface area contributed by atoms with Gasteiger partial charge in [0.2, 0.25) is 0 Å². The Hall–Kier alpha value is -2.80. The van der Waals surface area contributed by atoms with Crippen LogP contribution in [-0.2, 0) is 7.05 Å². The summed E-state index contributed by atoms with van der Waals surface area (Å²) in [6, 6.07) is 6.60. The zero-order chi connectivity index (χ0) is 22.4. The molecule has 7 heteroatoms. The minimum Gasteiger partial charge on any atom is -0.331 e. The summed E-state index contributed by atoms with van der Waals surface area (Å²) in [5.41, 5.74) is 6.24. The molecule has 0 N–H and O–H groups in total. The zero-order valence-electron chi connectivity index (χ0n) is 18.9. The van der Waals surface area contributed by atoms with Gasteiger partial charge >= 0.3 is 0 Å². The molecule has 2 aromatic heterocycles. The predicted octanol–water partition coefficient (Wildman–Crippen LogP) is 4.42. The first-order valence-electron chi connectivity index (χ1n) is 10.6. The monoisotopic (exact) mass is 436 g/mol. The second-order valence-corrected chi connectivity index (χ2v) is 9.52. The fourth-order valence-electron chi connectivity index (χ4n) is 4.49. The van der Waals surface area contributed by atoms with Gasteiger partial charge in [0.15, 0.2) is 0 Å². The highest BCUT2D eigenvalue weighted by molar-refractivity contribution is 7.17. The maximum Gasteiger partial charge on any atom is 0.277 e. The Bertz CT molecular complexity index is 1220. The van der Waals surface area contributed by atoms with E-state index < -0.39 is 0 Å². The number of thiazole rings is 1. The molecule has 1 aliphatic rings. The number of aromatic nitrogens is 3. The van der Waals surface area contributed by atoms with E-state index in [2.05, 4.69) is 42.1 Å². The molecular formula is C24H28N4O2S. The summed E-state index contributed by atoms with van der Waals surface area (Å²) in [6.07, 6.45) is 1.94. The molecular weight excluding hydrogens is 408 g/mol. The Labute approximate surface area is 186 Å². The Kier molecular flexibility index (Phi) is 5.56. The zero-order valence-corrected chi connectivity index (χ0v) is 19.8. The summed E-state index contributed by atoms with van der Waals surface area (Å²) >= 11 is 1.31. The highest BCUT2D eigenvalue weighted by atomic mass is 32.1. The first kappa shape index (κ1) is 21.4. The van der Waals surface area contributed by atoms with Crippen molar-refractivity contribution in [3.8, 4) is 10.6 Å². The lowest BCUT2D eigenvalue weighted by atomic mass is 9.99. The molecule has 3 heterocycles. The number of amides is 1. The van der Waals surface area contributed by atoms with Gasteiger partial charge in [-0.2, -0.15) is 5.10 Å². The van der Waals surface area contributed by atoms with Gasteiger partial charge in [-0.1, -0.05) is 29.3 Å². The van der Waals surface area contributed by atoms with Crippen molar-refractivity contribution < 1.29 is 4.79 Å². The van der Waals surface area contributed by atoms with Gasteiger partial charge in [0.05, 0.1) is 23.0 Å². The van der Waals surface area contributed by atoms with Gasteiger partial charge in [-0.3, -0.25) is 9.59 Å². The van der Waals surface area contributed by atoms with Crippen LogP contribution in [0.15, 0.2) is 23.0 Å². The third kappa shape index (κ3) is 3.82. The Morgan fingerprint density at radius 1 is 1.06 bits per heavy atom. The summed E-state index contributed by atoms with van der Waals surface area (Å²) < 4.78 is 1.34. The summed E-state index contributed by atoms with van der Waals surface area (Å²) in [5.74, 6) is 0.00293. The molecule has 0 aliphatic carbocycles. The number of hydrogen-bond donors (Lipinski definition) is 0. The van der Waals surface area contributed by atoms with Crippen LogP contribution in [0.4, 0.5) is 0 Å². The van der Waals surface area contributed by atoms with Crippen molar-refractivity contribution in [2.75, 3.05) is 6.54 Å². The molecule has 3 aromatic rings. The van der Waals surface area contributed by atoms with E-state index in [1.54, 1.807) is 7.05 Å². The van der Waals surface area contributed by atoms with Gasteiger partial charge in [0, 0.05) is 13.6 Å². The van der Waals surface area contributed by atoms with E-state index in [1.165, 1.54) is 32.7 Å². The van der Waals surface area contributed by atoms with Crippen molar-refractivity contribution >= 4 is 17.2 Å². The molecule has 0 bridgehead atoms. The smallest absolute Gasteiger partial charge is 0.277 e. The largest absolute Gasteiger partial charge is 0.331 e. The maximum absolute atomic E-state index is 13.6.